The number of carbonyl (C=O) groups is 1. The number of thiophene rings is 1. The summed E-state index contributed by atoms with van der Waals surface area (Å²) in [5, 5.41) is 12.1. The molecule has 0 bridgehead atoms. The van der Waals surface area contributed by atoms with E-state index in [0.717, 1.165) is 31.1 Å². The van der Waals surface area contributed by atoms with Crippen molar-refractivity contribution in [2.75, 3.05) is 32.7 Å². The minimum Gasteiger partial charge on any atom is -0.386 e. The molecule has 2 rings (SSSR count). The van der Waals surface area contributed by atoms with E-state index >= 15 is 0 Å². The SMILES string of the molecule is CC(C)(C)C(=O)N1CCN(CC(O)c2cccs2)CC1. The van der Waals surface area contributed by atoms with Crippen molar-refractivity contribution in [3.05, 3.63) is 22.4 Å². The van der Waals surface area contributed by atoms with Crippen LogP contribution in [-0.2, 0) is 4.79 Å². The summed E-state index contributed by atoms with van der Waals surface area (Å²) in [7, 11) is 0. The van der Waals surface area contributed by atoms with Crippen molar-refractivity contribution in [2.45, 2.75) is 26.9 Å². The summed E-state index contributed by atoms with van der Waals surface area (Å²) in [6.45, 7) is 9.72. The molecule has 1 unspecified atom stereocenters. The zero-order valence-electron chi connectivity index (χ0n) is 12.5. The van der Waals surface area contributed by atoms with Gasteiger partial charge in [0.05, 0.1) is 0 Å². The van der Waals surface area contributed by atoms with Crippen LogP contribution in [0.2, 0.25) is 0 Å². The van der Waals surface area contributed by atoms with Crippen molar-refractivity contribution in [3.63, 3.8) is 0 Å². The first-order chi connectivity index (χ1) is 9.38. The molecular weight excluding hydrogens is 272 g/mol. The molecule has 0 saturated carbocycles. The Morgan fingerprint density at radius 2 is 2.00 bits per heavy atom. The molecule has 1 fully saturated rings. The Labute approximate surface area is 125 Å². The second-order valence-corrected chi connectivity index (χ2v) is 7.35. The number of hydrogen-bond donors (Lipinski definition) is 1. The summed E-state index contributed by atoms with van der Waals surface area (Å²) in [4.78, 5) is 17.4. The lowest BCUT2D eigenvalue weighted by Gasteiger charge is -2.38. The van der Waals surface area contributed by atoms with Crippen molar-refractivity contribution in [3.8, 4) is 0 Å². The molecule has 112 valence electrons. The molecule has 0 aliphatic carbocycles. The number of nitrogens with zero attached hydrogens (tertiary/aromatic N) is 2. The van der Waals surface area contributed by atoms with Crippen molar-refractivity contribution >= 4 is 17.2 Å². The molecular formula is C15H24N2O2S. The Hall–Kier alpha value is -0.910. The van der Waals surface area contributed by atoms with Gasteiger partial charge in [0.15, 0.2) is 0 Å². The lowest BCUT2D eigenvalue weighted by Crippen LogP contribution is -2.52. The number of piperazine rings is 1. The van der Waals surface area contributed by atoms with Gasteiger partial charge >= 0.3 is 0 Å². The van der Waals surface area contributed by atoms with E-state index < -0.39 is 6.10 Å². The van der Waals surface area contributed by atoms with E-state index in [1.54, 1.807) is 11.3 Å². The highest BCUT2D eigenvalue weighted by Crippen LogP contribution is 2.22. The van der Waals surface area contributed by atoms with Gasteiger partial charge in [-0.3, -0.25) is 9.69 Å². The molecule has 1 amide bonds. The molecule has 2 heterocycles. The topological polar surface area (TPSA) is 43.8 Å². The number of rotatable bonds is 3. The smallest absolute Gasteiger partial charge is 0.228 e. The van der Waals surface area contributed by atoms with Gasteiger partial charge in [-0.05, 0) is 11.4 Å². The minimum absolute atomic E-state index is 0.218. The summed E-state index contributed by atoms with van der Waals surface area (Å²) in [5.41, 5.74) is -0.307. The quantitative estimate of drug-likeness (QED) is 0.927. The highest BCUT2D eigenvalue weighted by Gasteiger charge is 2.30. The van der Waals surface area contributed by atoms with E-state index in [1.165, 1.54) is 0 Å². The van der Waals surface area contributed by atoms with Crippen molar-refractivity contribution in [1.29, 1.82) is 0 Å². The van der Waals surface area contributed by atoms with Gasteiger partial charge in [0.25, 0.3) is 0 Å². The number of carbonyl (C=O) groups excluding carboxylic acids is 1. The van der Waals surface area contributed by atoms with Crippen molar-refractivity contribution in [1.82, 2.24) is 9.80 Å². The highest BCUT2D eigenvalue weighted by molar-refractivity contribution is 7.10. The molecule has 1 aromatic heterocycles. The van der Waals surface area contributed by atoms with E-state index in [2.05, 4.69) is 4.90 Å². The van der Waals surface area contributed by atoms with Crippen LogP contribution < -0.4 is 0 Å². The fraction of sp³-hybridized carbons (Fsp3) is 0.667. The van der Waals surface area contributed by atoms with E-state index in [-0.39, 0.29) is 11.3 Å². The number of aliphatic hydroxyl groups excluding tert-OH is 1. The van der Waals surface area contributed by atoms with Crippen LogP contribution in [0.4, 0.5) is 0 Å². The molecule has 1 aromatic rings. The van der Waals surface area contributed by atoms with Gasteiger partial charge in [0.1, 0.15) is 6.10 Å². The average molecular weight is 296 g/mol. The summed E-state index contributed by atoms with van der Waals surface area (Å²) < 4.78 is 0. The predicted octanol–water partition coefficient (Wildman–Crippen LogP) is 1.97. The fourth-order valence-electron chi connectivity index (χ4n) is 2.42. The molecule has 5 heteroatoms. The Kier molecular flexibility index (Phi) is 4.83. The molecule has 1 aliphatic rings. The summed E-state index contributed by atoms with van der Waals surface area (Å²) in [6, 6.07) is 3.93. The first-order valence-corrected chi connectivity index (χ1v) is 7.99. The number of hydrogen-bond acceptors (Lipinski definition) is 4. The Bertz CT molecular complexity index is 431. The third kappa shape index (κ3) is 3.81. The minimum atomic E-state index is -0.417. The van der Waals surface area contributed by atoms with Crippen LogP contribution >= 0.6 is 11.3 Å². The average Bonchev–Trinajstić information content (AvgIpc) is 2.91. The van der Waals surface area contributed by atoms with Crippen LogP contribution in [0, 0.1) is 5.41 Å². The van der Waals surface area contributed by atoms with Crippen molar-refractivity contribution in [2.24, 2.45) is 5.41 Å². The van der Waals surface area contributed by atoms with Gasteiger partial charge in [0, 0.05) is 43.0 Å². The van der Waals surface area contributed by atoms with Crippen molar-refractivity contribution < 1.29 is 9.90 Å². The predicted molar refractivity (Wildman–Crippen MR) is 81.8 cm³/mol. The molecule has 1 saturated heterocycles. The number of aliphatic hydroxyl groups is 1. The van der Waals surface area contributed by atoms with Gasteiger partial charge in [-0.1, -0.05) is 26.8 Å². The third-order valence-electron chi connectivity index (χ3n) is 3.60. The Morgan fingerprint density at radius 1 is 1.35 bits per heavy atom. The van der Waals surface area contributed by atoms with Gasteiger partial charge in [-0.15, -0.1) is 11.3 Å². The van der Waals surface area contributed by atoms with Gasteiger partial charge < -0.3 is 10.0 Å². The summed E-state index contributed by atoms with van der Waals surface area (Å²) >= 11 is 1.59. The van der Waals surface area contributed by atoms with Gasteiger partial charge in [0.2, 0.25) is 5.91 Å². The second kappa shape index (κ2) is 6.24. The van der Waals surface area contributed by atoms with Crippen LogP contribution in [-0.4, -0.2) is 53.5 Å². The normalized spacial score (nSPS) is 19.1. The third-order valence-corrected chi connectivity index (χ3v) is 4.58. The number of amides is 1. The maximum Gasteiger partial charge on any atom is 0.228 e. The van der Waals surface area contributed by atoms with Crippen LogP contribution in [0.1, 0.15) is 31.8 Å². The van der Waals surface area contributed by atoms with E-state index in [0.29, 0.717) is 6.54 Å². The van der Waals surface area contributed by atoms with Crippen LogP contribution in [0.25, 0.3) is 0 Å². The zero-order chi connectivity index (χ0) is 14.8. The summed E-state index contributed by atoms with van der Waals surface area (Å²) in [5.74, 6) is 0.218. The lowest BCUT2D eigenvalue weighted by molar-refractivity contribution is -0.141. The van der Waals surface area contributed by atoms with Crippen LogP contribution in [0.5, 0.6) is 0 Å². The Balaban J connectivity index is 1.81. The van der Waals surface area contributed by atoms with Gasteiger partial charge in [-0.2, -0.15) is 0 Å². The molecule has 0 aromatic carbocycles. The lowest BCUT2D eigenvalue weighted by atomic mass is 9.94. The maximum absolute atomic E-state index is 12.2. The maximum atomic E-state index is 12.2. The van der Waals surface area contributed by atoms with E-state index in [1.807, 2.05) is 43.2 Å². The van der Waals surface area contributed by atoms with E-state index in [4.69, 9.17) is 0 Å². The number of β-amino-alcohol motifs (C(OH)–C–C–N with tert-alkyl or cyclic N) is 1. The molecule has 20 heavy (non-hydrogen) atoms. The molecule has 1 atom stereocenters. The first kappa shape index (κ1) is 15.5. The highest BCUT2D eigenvalue weighted by atomic mass is 32.1. The van der Waals surface area contributed by atoms with E-state index in [9.17, 15) is 9.90 Å². The summed E-state index contributed by atoms with van der Waals surface area (Å²) in [6.07, 6.45) is -0.417. The largest absolute Gasteiger partial charge is 0.386 e. The standard InChI is InChI=1S/C15H24N2O2S/c1-15(2,3)14(19)17-8-6-16(7-9-17)11-12(18)13-5-4-10-20-13/h4-5,10,12,18H,6-9,11H2,1-3H3. The second-order valence-electron chi connectivity index (χ2n) is 6.37. The molecule has 4 nitrogen and oxygen atoms in total. The molecule has 1 aliphatic heterocycles. The Morgan fingerprint density at radius 3 is 2.50 bits per heavy atom. The molecule has 0 radical (unpaired) electrons. The molecule has 0 spiro atoms. The zero-order valence-corrected chi connectivity index (χ0v) is 13.3. The van der Waals surface area contributed by atoms with Crippen LogP contribution in [0.15, 0.2) is 17.5 Å². The van der Waals surface area contributed by atoms with Crippen LogP contribution in [0.3, 0.4) is 0 Å². The van der Waals surface area contributed by atoms with Gasteiger partial charge in [-0.25, -0.2) is 0 Å². The molecule has 1 N–H and O–H groups in total. The first-order valence-electron chi connectivity index (χ1n) is 7.11. The monoisotopic (exact) mass is 296 g/mol. The fourth-order valence-corrected chi connectivity index (χ4v) is 3.13.